The highest BCUT2D eigenvalue weighted by atomic mass is 79.9. The van der Waals surface area contributed by atoms with Crippen LogP contribution in [0.1, 0.15) is 54.4 Å². The molecule has 1 aliphatic carbocycles. The Morgan fingerprint density at radius 2 is 2.18 bits per heavy atom. The van der Waals surface area contributed by atoms with Crippen LogP contribution in [0, 0.1) is 6.92 Å². The second-order valence-electron chi connectivity index (χ2n) is 7.65. The summed E-state index contributed by atoms with van der Waals surface area (Å²) in [5.74, 6) is 0. The minimum atomic E-state index is 0.361. The Morgan fingerprint density at radius 1 is 1.29 bits per heavy atom. The Bertz CT molecular complexity index is 951. The molecule has 1 unspecified atom stereocenters. The topological polar surface area (TPSA) is 59.5 Å². The van der Waals surface area contributed by atoms with Crippen molar-refractivity contribution in [1.29, 1.82) is 0 Å². The van der Waals surface area contributed by atoms with E-state index in [1.807, 2.05) is 6.20 Å². The first-order valence-corrected chi connectivity index (χ1v) is 11.0. The third kappa shape index (κ3) is 4.00. The van der Waals surface area contributed by atoms with Crippen molar-refractivity contribution in [1.82, 2.24) is 19.3 Å². The molecule has 4 rings (SSSR count). The Morgan fingerprint density at radius 3 is 3.04 bits per heavy atom. The maximum absolute atomic E-state index is 5.75. The van der Waals surface area contributed by atoms with Crippen LogP contribution in [0.15, 0.2) is 41.1 Å². The quantitative estimate of drug-likeness (QED) is 0.551. The molecule has 0 saturated heterocycles. The highest BCUT2D eigenvalue weighted by molar-refractivity contribution is 9.10. The largest absolute Gasteiger partial charge is 0.330 e. The number of pyridine rings is 2. The van der Waals surface area contributed by atoms with E-state index in [2.05, 4.69) is 62.6 Å². The molecule has 0 spiro atoms. The van der Waals surface area contributed by atoms with Gasteiger partial charge in [0.05, 0.1) is 17.4 Å². The number of aromatic nitrogens is 3. The zero-order chi connectivity index (χ0) is 19.5. The zero-order valence-electron chi connectivity index (χ0n) is 16.4. The average molecular weight is 442 g/mol. The van der Waals surface area contributed by atoms with Gasteiger partial charge >= 0.3 is 0 Å². The monoisotopic (exact) mass is 441 g/mol. The number of imidazole rings is 1. The zero-order valence-corrected chi connectivity index (χ0v) is 18.0. The predicted molar refractivity (Wildman–Crippen MR) is 116 cm³/mol. The lowest BCUT2D eigenvalue weighted by molar-refractivity contribution is 0.161. The van der Waals surface area contributed by atoms with Gasteiger partial charge in [-0.1, -0.05) is 6.07 Å². The van der Waals surface area contributed by atoms with Crippen LogP contribution in [-0.2, 0) is 13.0 Å². The maximum atomic E-state index is 5.75. The molecule has 148 valence electrons. The summed E-state index contributed by atoms with van der Waals surface area (Å²) in [7, 11) is 0. The molecule has 0 amide bonds. The molecular formula is C22H28BrN5. The Hall–Kier alpha value is -1.76. The van der Waals surface area contributed by atoms with Crippen molar-refractivity contribution >= 4 is 21.6 Å². The van der Waals surface area contributed by atoms with E-state index in [4.69, 9.17) is 15.7 Å². The number of halogens is 1. The smallest absolute Gasteiger partial charge is 0.137 e. The molecule has 28 heavy (non-hydrogen) atoms. The molecule has 5 nitrogen and oxygen atoms in total. The van der Waals surface area contributed by atoms with E-state index in [9.17, 15) is 0 Å². The summed E-state index contributed by atoms with van der Waals surface area (Å²) in [5.41, 5.74) is 11.7. The number of aryl methyl sites for hydroxylation is 2. The van der Waals surface area contributed by atoms with Gasteiger partial charge in [-0.25, -0.2) is 4.98 Å². The van der Waals surface area contributed by atoms with E-state index < -0.39 is 0 Å². The van der Waals surface area contributed by atoms with E-state index in [1.54, 1.807) is 0 Å². The molecule has 0 saturated carbocycles. The third-order valence-electron chi connectivity index (χ3n) is 5.74. The van der Waals surface area contributed by atoms with Crippen molar-refractivity contribution in [3.63, 3.8) is 0 Å². The van der Waals surface area contributed by atoms with Gasteiger partial charge in [0, 0.05) is 29.1 Å². The number of rotatable bonds is 7. The number of hydrogen-bond donors (Lipinski definition) is 1. The van der Waals surface area contributed by atoms with E-state index in [0.29, 0.717) is 6.04 Å². The minimum Gasteiger partial charge on any atom is -0.330 e. The Labute approximate surface area is 175 Å². The highest BCUT2D eigenvalue weighted by Gasteiger charge is 2.27. The minimum absolute atomic E-state index is 0.361. The first-order valence-electron chi connectivity index (χ1n) is 10.2. The van der Waals surface area contributed by atoms with Crippen LogP contribution in [0.2, 0.25) is 0 Å². The molecule has 3 aromatic rings. The SMILES string of the molecule is Cc1c(Br)ccc2nc(CN(CCCCN)C3CCCc4cccnc43)cn12. The first kappa shape index (κ1) is 19.6. The van der Waals surface area contributed by atoms with Gasteiger partial charge in [0.25, 0.3) is 0 Å². The molecule has 0 bridgehead atoms. The molecule has 2 N–H and O–H groups in total. The normalized spacial score (nSPS) is 16.6. The van der Waals surface area contributed by atoms with E-state index in [-0.39, 0.29) is 0 Å². The van der Waals surface area contributed by atoms with Crippen molar-refractivity contribution in [3.8, 4) is 0 Å². The van der Waals surface area contributed by atoms with Gasteiger partial charge in [-0.05, 0) is 91.8 Å². The van der Waals surface area contributed by atoms with Crippen LogP contribution in [-0.4, -0.2) is 32.4 Å². The van der Waals surface area contributed by atoms with Crippen LogP contribution in [0.4, 0.5) is 0 Å². The van der Waals surface area contributed by atoms with Gasteiger partial charge in [0.1, 0.15) is 5.65 Å². The second kappa shape index (κ2) is 8.72. The summed E-state index contributed by atoms with van der Waals surface area (Å²) in [5, 5.41) is 0. The van der Waals surface area contributed by atoms with Crippen LogP contribution in [0.3, 0.4) is 0 Å². The van der Waals surface area contributed by atoms with Crippen LogP contribution in [0.5, 0.6) is 0 Å². The van der Waals surface area contributed by atoms with Crippen LogP contribution < -0.4 is 5.73 Å². The van der Waals surface area contributed by atoms with Crippen molar-refractivity contribution in [2.75, 3.05) is 13.1 Å². The number of unbranched alkanes of at least 4 members (excludes halogenated alkanes) is 1. The summed E-state index contributed by atoms with van der Waals surface area (Å²) in [6.07, 6.45) is 9.77. The van der Waals surface area contributed by atoms with Gasteiger partial charge < -0.3 is 10.1 Å². The molecule has 0 fully saturated rings. The Balaban J connectivity index is 1.63. The maximum Gasteiger partial charge on any atom is 0.137 e. The van der Waals surface area contributed by atoms with Crippen LogP contribution >= 0.6 is 15.9 Å². The number of fused-ring (bicyclic) bond motifs is 2. The lowest BCUT2D eigenvalue weighted by Gasteiger charge is -2.34. The molecule has 3 heterocycles. The van der Waals surface area contributed by atoms with Gasteiger partial charge in [-0.15, -0.1) is 0 Å². The van der Waals surface area contributed by atoms with Gasteiger partial charge in [-0.2, -0.15) is 0 Å². The summed E-state index contributed by atoms with van der Waals surface area (Å²) >= 11 is 3.62. The van der Waals surface area contributed by atoms with E-state index >= 15 is 0 Å². The molecule has 0 aliphatic heterocycles. The fourth-order valence-corrected chi connectivity index (χ4v) is 4.57. The average Bonchev–Trinajstić information content (AvgIpc) is 3.13. The van der Waals surface area contributed by atoms with E-state index in [1.165, 1.54) is 23.4 Å². The second-order valence-corrected chi connectivity index (χ2v) is 8.50. The Kier molecular flexibility index (Phi) is 6.09. The molecule has 1 aliphatic rings. The molecule has 0 radical (unpaired) electrons. The fourth-order valence-electron chi connectivity index (χ4n) is 4.24. The number of nitrogens with zero attached hydrogens (tertiary/aromatic N) is 4. The fraction of sp³-hybridized carbons (Fsp3) is 0.455. The van der Waals surface area contributed by atoms with Crippen molar-refractivity contribution in [3.05, 3.63) is 63.8 Å². The molecule has 1 atom stereocenters. The summed E-state index contributed by atoms with van der Waals surface area (Å²) in [6, 6.07) is 8.79. The van der Waals surface area contributed by atoms with Crippen molar-refractivity contribution in [2.45, 2.75) is 51.6 Å². The molecular weight excluding hydrogens is 414 g/mol. The van der Waals surface area contributed by atoms with Gasteiger partial charge in [-0.3, -0.25) is 9.88 Å². The van der Waals surface area contributed by atoms with Crippen molar-refractivity contribution < 1.29 is 0 Å². The molecule has 0 aromatic carbocycles. The summed E-state index contributed by atoms with van der Waals surface area (Å²) in [6.45, 7) is 4.72. The molecule has 6 heteroatoms. The third-order valence-corrected chi connectivity index (χ3v) is 6.58. The lowest BCUT2D eigenvalue weighted by Crippen LogP contribution is -2.33. The van der Waals surface area contributed by atoms with Gasteiger partial charge in [0.15, 0.2) is 0 Å². The predicted octanol–water partition coefficient (Wildman–Crippen LogP) is 4.42. The summed E-state index contributed by atoms with van der Waals surface area (Å²) in [4.78, 5) is 12.2. The van der Waals surface area contributed by atoms with Crippen molar-refractivity contribution in [2.24, 2.45) is 5.73 Å². The molecule has 3 aromatic heterocycles. The first-order chi connectivity index (χ1) is 13.7. The van der Waals surface area contributed by atoms with E-state index in [0.717, 1.165) is 61.1 Å². The number of hydrogen-bond acceptors (Lipinski definition) is 4. The van der Waals surface area contributed by atoms with Crippen LogP contribution in [0.25, 0.3) is 5.65 Å². The summed E-state index contributed by atoms with van der Waals surface area (Å²) < 4.78 is 3.28. The lowest BCUT2D eigenvalue weighted by atomic mass is 9.90. The van der Waals surface area contributed by atoms with Gasteiger partial charge in [0.2, 0.25) is 0 Å². The highest BCUT2D eigenvalue weighted by Crippen LogP contribution is 2.34. The number of nitrogens with two attached hydrogens (primary N) is 1. The standard InChI is InChI=1S/C22H28BrN5/c1-16-19(23)9-10-21-26-18(15-28(16)21)14-27(13-3-2-11-24)20-8-4-6-17-7-5-12-25-22(17)20/h5,7,9-10,12,15,20H,2-4,6,8,11,13-14,24H2,1H3.